The molecule has 18 heavy (non-hydrogen) atoms. The molecule has 0 saturated heterocycles. The van der Waals surface area contributed by atoms with Crippen LogP contribution in [-0.4, -0.2) is 26.2 Å². The number of rotatable bonds is 4. The highest BCUT2D eigenvalue weighted by molar-refractivity contribution is 5.47. The van der Waals surface area contributed by atoms with E-state index >= 15 is 0 Å². The summed E-state index contributed by atoms with van der Waals surface area (Å²) in [6.45, 7) is 4.69. The third kappa shape index (κ3) is 2.82. The van der Waals surface area contributed by atoms with Gasteiger partial charge in [-0.25, -0.2) is 4.39 Å². The first kappa shape index (κ1) is 12.5. The lowest BCUT2D eigenvalue weighted by molar-refractivity contribution is 0.619. The highest BCUT2D eigenvalue weighted by Gasteiger charge is 2.14. The van der Waals surface area contributed by atoms with Crippen LogP contribution in [0.2, 0.25) is 0 Å². The molecule has 1 aromatic heterocycles. The summed E-state index contributed by atoms with van der Waals surface area (Å²) in [5, 5.41) is 11.9. The Kier molecular flexibility index (Phi) is 3.55. The van der Waals surface area contributed by atoms with Crippen LogP contribution in [0.5, 0.6) is 0 Å². The predicted molar refractivity (Wildman–Crippen MR) is 66.5 cm³/mol. The lowest BCUT2D eigenvalue weighted by Gasteiger charge is -2.27. The molecule has 0 saturated carbocycles. The van der Waals surface area contributed by atoms with E-state index in [2.05, 4.69) is 34.2 Å². The molecule has 0 amide bonds. The number of hydrogen-bond donors (Lipinski definition) is 0. The minimum absolute atomic E-state index is 0.236. The average Bonchev–Trinajstić information content (AvgIpc) is 2.73. The molecule has 2 aromatic rings. The number of aromatic nitrogens is 4. The highest BCUT2D eigenvalue weighted by atomic mass is 19.1. The van der Waals surface area contributed by atoms with Gasteiger partial charge in [-0.15, -0.1) is 10.2 Å². The van der Waals surface area contributed by atoms with Gasteiger partial charge < -0.3 is 4.90 Å². The zero-order valence-electron chi connectivity index (χ0n) is 10.7. The van der Waals surface area contributed by atoms with Crippen LogP contribution in [0.4, 0.5) is 10.1 Å². The summed E-state index contributed by atoms with van der Waals surface area (Å²) in [7, 11) is 1.73. The fourth-order valence-electron chi connectivity index (χ4n) is 1.74. The van der Waals surface area contributed by atoms with Crippen LogP contribution in [-0.2, 0) is 13.6 Å². The topological polar surface area (TPSA) is 46.8 Å². The molecule has 5 nitrogen and oxygen atoms in total. The van der Waals surface area contributed by atoms with Gasteiger partial charge in [-0.3, -0.25) is 0 Å². The van der Waals surface area contributed by atoms with Gasteiger partial charge in [0.05, 0.1) is 13.6 Å². The Morgan fingerprint density at radius 3 is 2.44 bits per heavy atom. The molecular formula is C12H16FN5. The quantitative estimate of drug-likeness (QED) is 0.828. The molecule has 1 heterocycles. The molecule has 1 aromatic carbocycles. The normalized spacial score (nSPS) is 10.9. The molecule has 0 N–H and O–H groups in total. The SMILES string of the molecule is CC(C)N(Cc1nnn(C)n1)c1ccc(F)cc1. The first-order chi connectivity index (χ1) is 8.56. The second-order valence-electron chi connectivity index (χ2n) is 4.39. The maximum Gasteiger partial charge on any atom is 0.193 e. The van der Waals surface area contributed by atoms with Gasteiger partial charge in [-0.05, 0) is 43.3 Å². The van der Waals surface area contributed by atoms with Gasteiger partial charge in [0.1, 0.15) is 5.82 Å². The van der Waals surface area contributed by atoms with Gasteiger partial charge in [-0.2, -0.15) is 4.80 Å². The fourth-order valence-corrected chi connectivity index (χ4v) is 1.74. The van der Waals surface area contributed by atoms with Crippen molar-refractivity contribution in [2.75, 3.05) is 4.90 Å². The Balaban J connectivity index is 2.20. The van der Waals surface area contributed by atoms with Gasteiger partial charge >= 0.3 is 0 Å². The van der Waals surface area contributed by atoms with Crippen molar-refractivity contribution in [3.8, 4) is 0 Å². The average molecular weight is 249 g/mol. The minimum Gasteiger partial charge on any atom is -0.361 e. The first-order valence-electron chi connectivity index (χ1n) is 5.81. The minimum atomic E-state index is -0.236. The van der Waals surface area contributed by atoms with Gasteiger partial charge in [0, 0.05) is 11.7 Å². The van der Waals surface area contributed by atoms with Crippen LogP contribution in [0.1, 0.15) is 19.7 Å². The summed E-state index contributed by atoms with van der Waals surface area (Å²) < 4.78 is 12.9. The van der Waals surface area contributed by atoms with Crippen molar-refractivity contribution in [1.82, 2.24) is 20.2 Å². The monoisotopic (exact) mass is 249 g/mol. The van der Waals surface area contributed by atoms with E-state index in [1.165, 1.54) is 16.9 Å². The van der Waals surface area contributed by atoms with E-state index in [4.69, 9.17) is 0 Å². The van der Waals surface area contributed by atoms with Gasteiger partial charge in [-0.1, -0.05) is 0 Å². The Morgan fingerprint density at radius 2 is 1.94 bits per heavy atom. The molecule has 0 radical (unpaired) electrons. The molecular weight excluding hydrogens is 233 g/mol. The van der Waals surface area contributed by atoms with Crippen molar-refractivity contribution in [1.29, 1.82) is 0 Å². The van der Waals surface area contributed by atoms with Gasteiger partial charge in [0.2, 0.25) is 0 Å². The molecule has 0 spiro atoms. The van der Waals surface area contributed by atoms with E-state index in [0.717, 1.165) is 5.69 Å². The Bertz CT molecular complexity index is 505. The molecule has 0 bridgehead atoms. The van der Waals surface area contributed by atoms with Crippen molar-refractivity contribution in [2.45, 2.75) is 26.4 Å². The van der Waals surface area contributed by atoms with E-state index in [1.54, 1.807) is 19.2 Å². The largest absolute Gasteiger partial charge is 0.361 e. The summed E-state index contributed by atoms with van der Waals surface area (Å²) in [5.74, 6) is 0.413. The van der Waals surface area contributed by atoms with Crippen molar-refractivity contribution in [3.05, 3.63) is 35.9 Å². The summed E-state index contributed by atoms with van der Waals surface area (Å²) in [5.41, 5.74) is 0.943. The van der Waals surface area contributed by atoms with E-state index in [9.17, 15) is 4.39 Å². The molecule has 0 aliphatic heterocycles. The van der Waals surface area contributed by atoms with Crippen molar-refractivity contribution < 1.29 is 4.39 Å². The van der Waals surface area contributed by atoms with Crippen LogP contribution in [0.25, 0.3) is 0 Å². The fraction of sp³-hybridized carbons (Fsp3) is 0.417. The lowest BCUT2D eigenvalue weighted by atomic mass is 10.2. The number of benzene rings is 1. The summed E-state index contributed by atoms with van der Waals surface area (Å²) >= 11 is 0. The Labute approximate surface area is 105 Å². The van der Waals surface area contributed by atoms with Crippen molar-refractivity contribution in [2.24, 2.45) is 7.05 Å². The van der Waals surface area contributed by atoms with Gasteiger partial charge in [0.15, 0.2) is 5.82 Å². The zero-order chi connectivity index (χ0) is 13.1. The smallest absolute Gasteiger partial charge is 0.193 e. The number of halogens is 1. The van der Waals surface area contributed by atoms with E-state index < -0.39 is 0 Å². The summed E-state index contributed by atoms with van der Waals surface area (Å²) in [6.07, 6.45) is 0. The molecule has 0 fully saturated rings. The summed E-state index contributed by atoms with van der Waals surface area (Å²) in [6, 6.07) is 6.68. The highest BCUT2D eigenvalue weighted by Crippen LogP contribution is 2.19. The number of nitrogens with zero attached hydrogens (tertiary/aromatic N) is 5. The summed E-state index contributed by atoms with van der Waals surface area (Å²) in [4.78, 5) is 3.52. The van der Waals surface area contributed by atoms with Gasteiger partial charge in [0.25, 0.3) is 0 Å². The second kappa shape index (κ2) is 5.12. The molecule has 0 atom stereocenters. The number of hydrogen-bond acceptors (Lipinski definition) is 4. The third-order valence-corrected chi connectivity index (χ3v) is 2.64. The maximum absolute atomic E-state index is 12.9. The molecule has 0 unspecified atom stereocenters. The Hall–Kier alpha value is -1.98. The predicted octanol–water partition coefficient (Wildman–Crippen LogP) is 1.76. The van der Waals surface area contributed by atoms with Crippen molar-refractivity contribution in [3.63, 3.8) is 0 Å². The number of tetrazole rings is 1. The van der Waals surface area contributed by atoms with Crippen LogP contribution in [0, 0.1) is 5.82 Å². The van der Waals surface area contributed by atoms with Crippen molar-refractivity contribution >= 4 is 5.69 Å². The molecule has 96 valence electrons. The third-order valence-electron chi connectivity index (χ3n) is 2.64. The number of anilines is 1. The van der Waals surface area contributed by atoms with Crippen LogP contribution < -0.4 is 4.90 Å². The molecule has 2 rings (SSSR count). The van der Waals surface area contributed by atoms with Crippen LogP contribution >= 0.6 is 0 Å². The van der Waals surface area contributed by atoms with Crippen LogP contribution in [0.15, 0.2) is 24.3 Å². The second-order valence-corrected chi connectivity index (χ2v) is 4.39. The van der Waals surface area contributed by atoms with E-state index in [0.29, 0.717) is 12.4 Å². The molecule has 0 aliphatic carbocycles. The van der Waals surface area contributed by atoms with Crippen LogP contribution in [0.3, 0.4) is 0 Å². The number of aryl methyl sites for hydroxylation is 1. The van der Waals surface area contributed by atoms with E-state index in [1.807, 2.05) is 0 Å². The molecule has 6 heteroatoms. The Morgan fingerprint density at radius 1 is 1.28 bits per heavy atom. The maximum atomic E-state index is 12.9. The zero-order valence-corrected chi connectivity index (χ0v) is 10.7. The first-order valence-corrected chi connectivity index (χ1v) is 5.81. The lowest BCUT2D eigenvalue weighted by Crippen LogP contribution is -2.30. The van der Waals surface area contributed by atoms with E-state index in [-0.39, 0.29) is 11.9 Å². The molecule has 0 aliphatic rings. The standard InChI is InChI=1S/C12H16FN5/c1-9(2)18(8-12-14-16-17(3)15-12)11-6-4-10(13)5-7-11/h4-7,9H,8H2,1-3H3.